The third-order valence-corrected chi connectivity index (χ3v) is 5.33. The van der Waals surface area contributed by atoms with Crippen molar-refractivity contribution in [2.45, 2.75) is 19.9 Å². The molecule has 1 N–H and O–H groups in total. The topological polar surface area (TPSA) is 66.1 Å². The van der Waals surface area contributed by atoms with E-state index in [4.69, 9.17) is 0 Å². The standard InChI is InChI=1S/C8H12IN3O2S/c1-2-15(13,14)12-4-3-6-7(5-12)10-11-8(6)9/h2-5H2,1H3,(H,10,11). The van der Waals surface area contributed by atoms with Crippen LogP contribution in [0.1, 0.15) is 18.2 Å². The minimum atomic E-state index is -3.07. The molecule has 0 aromatic carbocycles. The molecule has 1 aliphatic rings. The van der Waals surface area contributed by atoms with Crippen molar-refractivity contribution >= 4 is 32.6 Å². The zero-order valence-corrected chi connectivity index (χ0v) is 11.3. The van der Waals surface area contributed by atoms with Crippen molar-refractivity contribution < 1.29 is 8.42 Å². The van der Waals surface area contributed by atoms with Gasteiger partial charge in [0.2, 0.25) is 10.0 Å². The Morgan fingerprint density at radius 1 is 1.60 bits per heavy atom. The molecule has 0 atom stereocenters. The van der Waals surface area contributed by atoms with Crippen LogP contribution in [0, 0.1) is 3.70 Å². The van der Waals surface area contributed by atoms with E-state index in [1.54, 1.807) is 6.92 Å². The molecule has 0 saturated heterocycles. The first kappa shape index (κ1) is 11.3. The third kappa shape index (κ3) is 2.04. The molecule has 0 bridgehead atoms. The van der Waals surface area contributed by atoms with Gasteiger partial charge in [-0.15, -0.1) is 0 Å². The van der Waals surface area contributed by atoms with Crippen LogP contribution < -0.4 is 0 Å². The van der Waals surface area contributed by atoms with Gasteiger partial charge in [-0.25, -0.2) is 8.42 Å². The molecule has 0 unspecified atom stereocenters. The van der Waals surface area contributed by atoms with E-state index in [9.17, 15) is 8.42 Å². The van der Waals surface area contributed by atoms with Gasteiger partial charge in [-0.1, -0.05) is 0 Å². The maximum Gasteiger partial charge on any atom is 0.214 e. The number of H-pyrrole nitrogens is 1. The molecule has 1 aromatic rings. The summed E-state index contributed by atoms with van der Waals surface area (Å²) in [5, 5.41) is 6.97. The van der Waals surface area contributed by atoms with Gasteiger partial charge in [-0.2, -0.15) is 9.40 Å². The van der Waals surface area contributed by atoms with Crippen molar-refractivity contribution in [2.24, 2.45) is 0 Å². The number of hydrogen-bond donors (Lipinski definition) is 1. The number of rotatable bonds is 2. The van der Waals surface area contributed by atoms with Gasteiger partial charge >= 0.3 is 0 Å². The summed E-state index contributed by atoms with van der Waals surface area (Å²) in [7, 11) is -3.07. The summed E-state index contributed by atoms with van der Waals surface area (Å²) in [5.41, 5.74) is 2.10. The lowest BCUT2D eigenvalue weighted by molar-refractivity contribution is 0.387. The van der Waals surface area contributed by atoms with Crippen LogP contribution in [-0.4, -0.2) is 35.2 Å². The number of fused-ring (bicyclic) bond motifs is 1. The first-order valence-corrected chi connectivity index (χ1v) is 7.43. The Bertz CT molecular complexity index is 468. The van der Waals surface area contributed by atoms with Gasteiger partial charge in [0.15, 0.2) is 0 Å². The molecule has 0 amide bonds. The predicted molar refractivity (Wildman–Crippen MR) is 64.9 cm³/mol. The molecular formula is C8H12IN3O2S. The number of nitrogens with one attached hydrogen (secondary N) is 1. The first-order chi connectivity index (χ1) is 7.04. The summed E-state index contributed by atoms with van der Waals surface area (Å²) < 4.78 is 25.8. The van der Waals surface area contributed by atoms with Crippen molar-refractivity contribution in [3.63, 3.8) is 0 Å². The lowest BCUT2D eigenvalue weighted by Gasteiger charge is -2.25. The second-order valence-electron chi connectivity index (χ2n) is 3.46. The summed E-state index contributed by atoms with van der Waals surface area (Å²) in [6.07, 6.45) is 0.753. The van der Waals surface area contributed by atoms with E-state index in [1.807, 2.05) is 0 Å². The van der Waals surface area contributed by atoms with Gasteiger partial charge in [-0.05, 0) is 35.9 Å². The molecule has 2 heterocycles. The molecule has 0 radical (unpaired) electrons. The fourth-order valence-corrected chi connectivity index (χ4v) is 3.45. The van der Waals surface area contributed by atoms with Crippen LogP contribution in [0.2, 0.25) is 0 Å². The highest BCUT2D eigenvalue weighted by atomic mass is 127. The Kier molecular flexibility index (Phi) is 3.04. The van der Waals surface area contributed by atoms with E-state index >= 15 is 0 Å². The van der Waals surface area contributed by atoms with Crippen molar-refractivity contribution in [2.75, 3.05) is 12.3 Å². The minimum absolute atomic E-state index is 0.160. The fourth-order valence-electron chi connectivity index (χ4n) is 1.67. The highest BCUT2D eigenvalue weighted by molar-refractivity contribution is 14.1. The van der Waals surface area contributed by atoms with Gasteiger partial charge in [0.1, 0.15) is 3.70 Å². The maximum atomic E-state index is 11.7. The Morgan fingerprint density at radius 2 is 2.33 bits per heavy atom. The zero-order valence-electron chi connectivity index (χ0n) is 8.33. The van der Waals surface area contributed by atoms with Crippen LogP contribution in [-0.2, 0) is 23.0 Å². The highest BCUT2D eigenvalue weighted by Gasteiger charge is 2.27. The van der Waals surface area contributed by atoms with Crippen LogP contribution in [0.5, 0.6) is 0 Å². The molecule has 0 fully saturated rings. The molecule has 0 aliphatic carbocycles. The third-order valence-electron chi connectivity index (χ3n) is 2.61. The summed E-state index contributed by atoms with van der Waals surface area (Å²) >= 11 is 2.17. The van der Waals surface area contributed by atoms with Crippen molar-refractivity contribution in [1.82, 2.24) is 14.5 Å². The van der Waals surface area contributed by atoms with Crippen molar-refractivity contribution in [3.05, 3.63) is 15.0 Å². The highest BCUT2D eigenvalue weighted by Crippen LogP contribution is 2.22. The van der Waals surface area contributed by atoms with Gasteiger partial charge in [0.25, 0.3) is 0 Å². The Morgan fingerprint density at radius 3 is 3.00 bits per heavy atom. The van der Waals surface area contributed by atoms with Gasteiger partial charge in [0, 0.05) is 12.1 Å². The monoisotopic (exact) mass is 341 g/mol. The van der Waals surface area contributed by atoms with E-state index in [2.05, 4.69) is 32.8 Å². The molecular weight excluding hydrogens is 329 g/mol. The largest absolute Gasteiger partial charge is 0.280 e. The summed E-state index contributed by atoms with van der Waals surface area (Å²) in [5.74, 6) is 0.160. The average molecular weight is 341 g/mol. The quantitative estimate of drug-likeness (QED) is 0.807. The molecule has 2 rings (SSSR count). The second-order valence-corrected chi connectivity index (χ2v) is 6.74. The summed E-state index contributed by atoms with van der Waals surface area (Å²) in [6.45, 7) is 2.67. The SMILES string of the molecule is CCS(=O)(=O)N1CCc2c(I)n[nH]c2C1. The van der Waals surface area contributed by atoms with E-state index in [0.717, 1.165) is 21.4 Å². The smallest absolute Gasteiger partial charge is 0.214 e. The van der Waals surface area contributed by atoms with E-state index in [-0.39, 0.29) is 5.75 Å². The molecule has 84 valence electrons. The molecule has 7 heteroatoms. The Labute approximate surface area is 102 Å². The number of nitrogens with zero attached hydrogens (tertiary/aromatic N) is 2. The fraction of sp³-hybridized carbons (Fsp3) is 0.625. The maximum absolute atomic E-state index is 11.7. The molecule has 15 heavy (non-hydrogen) atoms. The van der Waals surface area contributed by atoms with E-state index < -0.39 is 10.0 Å². The van der Waals surface area contributed by atoms with E-state index in [1.165, 1.54) is 4.31 Å². The molecule has 1 aromatic heterocycles. The molecule has 0 saturated carbocycles. The Hall–Kier alpha value is -0.150. The second kappa shape index (κ2) is 4.02. The van der Waals surface area contributed by atoms with Crippen LogP contribution >= 0.6 is 22.6 Å². The van der Waals surface area contributed by atoms with Gasteiger partial charge in [-0.3, -0.25) is 5.10 Å². The van der Waals surface area contributed by atoms with Gasteiger partial charge < -0.3 is 0 Å². The first-order valence-electron chi connectivity index (χ1n) is 4.74. The predicted octanol–water partition coefficient (Wildman–Crippen LogP) is 0.722. The molecule has 0 spiro atoms. The van der Waals surface area contributed by atoms with Crippen LogP contribution in [0.3, 0.4) is 0 Å². The van der Waals surface area contributed by atoms with Gasteiger partial charge in [0.05, 0.1) is 18.0 Å². The summed E-state index contributed by atoms with van der Waals surface area (Å²) in [4.78, 5) is 0. The number of sulfonamides is 1. The van der Waals surface area contributed by atoms with Crippen LogP contribution in [0.15, 0.2) is 0 Å². The zero-order chi connectivity index (χ0) is 11.1. The summed E-state index contributed by atoms with van der Waals surface area (Å²) in [6, 6.07) is 0. The van der Waals surface area contributed by atoms with Crippen LogP contribution in [0.25, 0.3) is 0 Å². The average Bonchev–Trinajstić information content (AvgIpc) is 2.60. The van der Waals surface area contributed by atoms with Crippen LogP contribution in [0.4, 0.5) is 0 Å². The van der Waals surface area contributed by atoms with Crippen molar-refractivity contribution in [1.29, 1.82) is 0 Å². The number of halogens is 1. The normalized spacial score (nSPS) is 17.7. The lowest BCUT2D eigenvalue weighted by Crippen LogP contribution is -2.36. The molecule has 5 nitrogen and oxygen atoms in total. The minimum Gasteiger partial charge on any atom is -0.280 e. The number of aromatic nitrogens is 2. The number of aromatic amines is 1. The van der Waals surface area contributed by atoms with Crippen molar-refractivity contribution in [3.8, 4) is 0 Å². The number of hydrogen-bond acceptors (Lipinski definition) is 3. The molecule has 1 aliphatic heterocycles. The Balaban J connectivity index is 2.27. The van der Waals surface area contributed by atoms with E-state index in [0.29, 0.717) is 13.1 Å². The lowest BCUT2D eigenvalue weighted by atomic mass is 10.1.